The molecule has 0 spiro atoms. The van der Waals surface area contributed by atoms with Gasteiger partial charge in [0, 0.05) is 14.1 Å². The number of hydrogen-bond acceptors (Lipinski definition) is 6. The largest absolute Gasteiger partial charge is 0.488 e. The van der Waals surface area contributed by atoms with Crippen molar-refractivity contribution in [3.05, 3.63) is 45.9 Å². The van der Waals surface area contributed by atoms with Crippen LogP contribution in [0.5, 0.6) is 11.6 Å². The van der Waals surface area contributed by atoms with E-state index in [1.54, 1.807) is 25.2 Å². The molecule has 3 aromatic rings. The summed E-state index contributed by atoms with van der Waals surface area (Å²) in [6.07, 6.45) is 0. The maximum absolute atomic E-state index is 12.3. The third-order valence-corrected chi connectivity index (χ3v) is 3.67. The summed E-state index contributed by atoms with van der Waals surface area (Å²) in [7, 11) is 3.22. The smallest absolute Gasteiger partial charge is 0.369 e. The zero-order chi connectivity index (χ0) is 18.8. The summed E-state index contributed by atoms with van der Waals surface area (Å²) in [6.45, 7) is 4.27. The van der Waals surface area contributed by atoms with Gasteiger partial charge in [-0.3, -0.25) is 0 Å². The first-order chi connectivity index (χ1) is 12.4. The Balaban J connectivity index is 2.01. The van der Waals surface area contributed by atoms with Crippen LogP contribution in [0.4, 0.5) is 0 Å². The van der Waals surface area contributed by atoms with Crippen LogP contribution in [0, 0.1) is 6.92 Å². The van der Waals surface area contributed by atoms with E-state index in [4.69, 9.17) is 10.8 Å². The second-order valence-electron chi connectivity index (χ2n) is 5.44. The van der Waals surface area contributed by atoms with E-state index in [1.165, 1.54) is 11.7 Å². The molecule has 25 heavy (non-hydrogen) atoms. The molecule has 2 heterocycles. The van der Waals surface area contributed by atoms with Crippen LogP contribution in [0.2, 0.25) is 0 Å². The van der Waals surface area contributed by atoms with Crippen LogP contribution in [0.1, 0.15) is 19.4 Å². The Morgan fingerprint density at radius 2 is 2.00 bits per heavy atom. The average molecular weight is 346 g/mol. The molecular formula is C16H20N6O3. The minimum Gasteiger partial charge on any atom is -0.488 e. The predicted molar refractivity (Wildman–Crippen MR) is 90.0 cm³/mol. The Morgan fingerprint density at radius 1 is 1.20 bits per heavy atom. The lowest BCUT2D eigenvalue weighted by Gasteiger charge is -2.10. The molecule has 1 aromatic carbocycles. The minimum atomic E-state index is -0.396. The fraction of sp³-hybridized carbons (Fsp3) is 0.375. The van der Waals surface area contributed by atoms with Crippen molar-refractivity contribution < 1.29 is 10.8 Å². The lowest BCUT2D eigenvalue weighted by atomic mass is 10.2. The van der Waals surface area contributed by atoms with E-state index >= 15 is 0 Å². The molecule has 0 saturated carbocycles. The maximum atomic E-state index is 12.3. The van der Waals surface area contributed by atoms with Crippen molar-refractivity contribution in [2.75, 3.05) is 6.61 Å². The van der Waals surface area contributed by atoms with Gasteiger partial charge in [0.2, 0.25) is 5.88 Å². The van der Waals surface area contributed by atoms with E-state index in [9.17, 15) is 4.79 Å². The predicted octanol–water partition coefficient (Wildman–Crippen LogP) is 0.986. The summed E-state index contributed by atoms with van der Waals surface area (Å²) in [5.41, 5.74) is 1.04. The highest BCUT2D eigenvalue weighted by atomic mass is 16.5. The number of aryl methyl sites for hydroxylation is 3. The summed E-state index contributed by atoms with van der Waals surface area (Å²) in [4.78, 5) is 12.3. The van der Waals surface area contributed by atoms with Gasteiger partial charge in [0.15, 0.2) is 5.82 Å². The van der Waals surface area contributed by atoms with E-state index in [-0.39, 0.29) is 6.61 Å². The first-order valence-corrected chi connectivity index (χ1v) is 7.80. The normalized spacial score (nSPS) is 11.4. The van der Waals surface area contributed by atoms with Crippen LogP contribution >= 0.6 is 0 Å². The number of ether oxygens (including phenoxy) is 2. The molecule has 9 heteroatoms. The third kappa shape index (κ3) is 3.12. The number of para-hydroxylation sites is 1. The van der Waals surface area contributed by atoms with Gasteiger partial charge in [0.25, 0.3) is 0 Å². The molecular weight excluding hydrogens is 324 g/mol. The molecule has 0 unspecified atom stereocenters. The Bertz CT molecular complexity index is 991. The van der Waals surface area contributed by atoms with Gasteiger partial charge in [-0.05, 0) is 35.9 Å². The molecule has 0 aliphatic heterocycles. The van der Waals surface area contributed by atoms with E-state index in [0.717, 1.165) is 14.9 Å². The Labute approximate surface area is 145 Å². The van der Waals surface area contributed by atoms with Crippen molar-refractivity contribution in [2.45, 2.75) is 20.5 Å². The molecule has 0 fully saturated rings. The Morgan fingerprint density at radius 3 is 2.64 bits per heavy atom. The summed E-state index contributed by atoms with van der Waals surface area (Å²) in [5, 5.41) is 12.0. The number of tetrazole rings is 1. The SMILES string of the molecule is [3H]c1ccc(OCc2c(OCC)nn(C)c2-n2nnn(C)c2=O)c(C)c1. The van der Waals surface area contributed by atoms with Crippen LogP contribution in [0.3, 0.4) is 0 Å². The number of aromatic nitrogens is 6. The van der Waals surface area contributed by atoms with Gasteiger partial charge in [-0.1, -0.05) is 18.2 Å². The molecule has 0 N–H and O–H groups in total. The third-order valence-electron chi connectivity index (χ3n) is 3.67. The number of rotatable bonds is 6. The number of benzene rings is 1. The topological polar surface area (TPSA) is 89.0 Å². The highest BCUT2D eigenvalue weighted by molar-refractivity contribution is 5.42. The van der Waals surface area contributed by atoms with Crippen molar-refractivity contribution in [3.63, 3.8) is 0 Å². The molecule has 0 aliphatic rings. The quantitative estimate of drug-likeness (QED) is 0.661. The van der Waals surface area contributed by atoms with Crippen molar-refractivity contribution in [1.29, 1.82) is 0 Å². The Kier molecular flexibility index (Phi) is 4.19. The molecule has 9 nitrogen and oxygen atoms in total. The van der Waals surface area contributed by atoms with Gasteiger partial charge >= 0.3 is 5.69 Å². The first kappa shape index (κ1) is 15.4. The molecule has 0 radical (unpaired) electrons. The second-order valence-corrected chi connectivity index (χ2v) is 5.44. The van der Waals surface area contributed by atoms with Crippen molar-refractivity contribution in [3.8, 4) is 17.4 Å². The fourth-order valence-corrected chi connectivity index (χ4v) is 2.44. The van der Waals surface area contributed by atoms with Crippen LogP contribution in [-0.2, 0) is 20.7 Å². The van der Waals surface area contributed by atoms with E-state index in [2.05, 4.69) is 15.5 Å². The van der Waals surface area contributed by atoms with Gasteiger partial charge in [-0.2, -0.15) is 4.68 Å². The van der Waals surface area contributed by atoms with Gasteiger partial charge in [0.05, 0.1) is 13.5 Å². The van der Waals surface area contributed by atoms with Crippen LogP contribution in [-0.4, -0.2) is 36.2 Å². The van der Waals surface area contributed by atoms with Crippen molar-refractivity contribution in [1.82, 2.24) is 29.6 Å². The van der Waals surface area contributed by atoms with Crippen molar-refractivity contribution in [2.24, 2.45) is 14.1 Å². The fourth-order valence-electron chi connectivity index (χ4n) is 2.44. The zero-order valence-electron chi connectivity index (χ0n) is 15.6. The minimum absolute atomic E-state index is 0.125. The molecule has 132 valence electrons. The highest BCUT2D eigenvalue weighted by Crippen LogP contribution is 2.26. The van der Waals surface area contributed by atoms with Gasteiger partial charge in [-0.15, -0.1) is 9.78 Å². The van der Waals surface area contributed by atoms with Crippen molar-refractivity contribution >= 4 is 0 Å². The van der Waals surface area contributed by atoms with E-state index in [0.29, 0.717) is 35.7 Å². The van der Waals surface area contributed by atoms with E-state index in [1.807, 2.05) is 13.8 Å². The standard InChI is InChI=1S/C16H20N6O3/c1-5-24-14-12(10-25-13-9-7-6-8-11(13)2)15(20(3)17-14)22-16(23)21(4)18-19-22/h6-9H,5,10H2,1-4H3/i6T. The summed E-state index contributed by atoms with van der Waals surface area (Å²) >= 11 is 0. The summed E-state index contributed by atoms with van der Waals surface area (Å²) in [6, 6.07) is 5.53. The molecule has 0 amide bonds. The summed E-state index contributed by atoms with van der Waals surface area (Å²) < 4.78 is 22.9. The lowest BCUT2D eigenvalue weighted by molar-refractivity contribution is 0.281. The van der Waals surface area contributed by atoms with E-state index < -0.39 is 5.69 Å². The molecule has 2 aromatic heterocycles. The second kappa shape index (κ2) is 6.80. The highest BCUT2D eigenvalue weighted by Gasteiger charge is 2.23. The van der Waals surface area contributed by atoms with Gasteiger partial charge in [-0.25, -0.2) is 9.48 Å². The van der Waals surface area contributed by atoms with Crippen LogP contribution in [0.25, 0.3) is 5.82 Å². The molecule has 0 bridgehead atoms. The molecule has 0 saturated heterocycles. The maximum Gasteiger partial charge on any atom is 0.369 e. The average Bonchev–Trinajstić information content (AvgIpc) is 3.07. The van der Waals surface area contributed by atoms with Gasteiger partial charge in [0.1, 0.15) is 12.4 Å². The molecule has 0 aliphatic carbocycles. The first-order valence-electron chi connectivity index (χ1n) is 8.30. The molecule has 3 rings (SSSR count). The van der Waals surface area contributed by atoms with Crippen LogP contribution in [0.15, 0.2) is 29.0 Å². The monoisotopic (exact) mass is 346 g/mol. The Hall–Kier alpha value is -3.10. The lowest BCUT2D eigenvalue weighted by Crippen LogP contribution is -2.24. The summed E-state index contributed by atoms with van der Waals surface area (Å²) in [5.74, 6) is 1.45. The molecule has 0 atom stereocenters. The van der Waals surface area contributed by atoms with Gasteiger partial charge < -0.3 is 9.47 Å². The number of hydrogen-bond donors (Lipinski definition) is 0. The van der Waals surface area contributed by atoms with Crippen LogP contribution < -0.4 is 15.2 Å². The number of nitrogens with zero attached hydrogens (tertiary/aromatic N) is 6. The zero-order valence-corrected chi connectivity index (χ0v) is 14.6.